The van der Waals surface area contributed by atoms with Crippen molar-refractivity contribution in [2.45, 2.75) is 27.3 Å². The number of nitrogens with two attached hydrogens (primary N) is 1. The van der Waals surface area contributed by atoms with Crippen LogP contribution in [0.3, 0.4) is 0 Å². The summed E-state index contributed by atoms with van der Waals surface area (Å²) in [5, 5.41) is 6.62. The number of thiophene rings is 1. The van der Waals surface area contributed by atoms with E-state index < -0.39 is 0 Å². The Morgan fingerprint density at radius 2 is 2.17 bits per heavy atom. The standard InChI is InChI=1S/C14H17N3S/c1-10-11(2)16-17(12(10)3)9-14-13(5-4-7-15)6-8-18-14/h6,8H,7,9,15H2,1-3H3. The van der Waals surface area contributed by atoms with Gasteiger partial charge in [0.1, 0.15) is 0 Å². The molecule has 3 nitrogen and oxygen atoms in total. The lowest BCUT2D eigenvalue weighted by Crippen LogP contribution is -2.04. The molecule has 0 aromatic carbocycles. The first-order chi connectivity index (χ1) is 8.63. The molecule has 0 aliphatic heterocycles. The van der Waals surface area contributed by atoms with Gasteiger partial charge in [-0.2, -0.15) is 5.10 Å². The highest BCUT2D eigenvalue weighted by molar-refractivity contribution is 7.10. The summed E-state index contributed by atoms with van der Waals surface area (Å²) in [6, 6.07) is 2.04. The summed E-state index contributed by atoms with van der Waals surface area (Å²) in [6.45, 7) is 7.44. The molecule has 0 bridgehead atoms. The van der Waals surface area contributed by atoms with Crippen LogP contribution in [0.4, 0.5) is 0 Å². The van der Waals surface area contributed by atoms with Crippen molar-refractivity contribution in [2.24, 2.45) is 5.73 Å². The van der Waals surface area contributed by atoms with Gasteiger partial charge in [-0.05, 0) is 37.8 Å². The van der Waals surface area contributed by atoms with Crippen LogP contribution in [0, 0.1) is 32.6 Å². The van der Waals surface area contributed by atoms with Crippen LogP contribution < -0.4 is 5.73 Å². The van der Waals surface area contributed by atoms with Gasteiger partial charge in [-0.3, -0.25) is 4.68 Å². The third kappa shape index (κ3) is 2.47. The summed E-state index contributed by atoms with van der Waals surface area (Å²) < 4.78 is 2.05. The van der Waals surface area contributed by atoms with Crippen LogP contribution in [-0.4, -0.2) is 16.3 Å². The van der Waals surface area contributed by atoms with Crippen molar-refractivity contribution < 1.29 is 0 Å². The molecule has 0 aliphatic rings. The van der Waals surface area contributed by atoms with Gasteiger partial charge in [-0.25, -0.2) is 0 Å². The maximum Gasteiger partial charge on any atom is 0.0768 e. The van der Waals surface area contributed by atoms with Gasteiger partial charge in [0, 0.05) is 16.1 Å². The molecule has 2 heterocycles. The Hall–Kier alpha value is -1.57. The van der Waals surface area contributed by atoms with Crippen LogP contribution >= 0.6 is 11.3 Å². The van der Waals surface area contributed by atoms with E-state index in [-0.39, 0.29) is 0 Å². The molecule has 2 aromatic heterocycles. The predicted octanol–water partition coefficient (Wildman–Crippen LogP) is 2.23. The van der Waals surface area contributed by atoms with Crippen molar-refractivity contribution in [3.05, 3.63) is 38.8 Å². The molecular formula is C14H17N3S. The van der Waals surface area contributed by atoms with Crippen molar-refractivity contribution in [3.63, 3.8) is 0 Å². The van der Waals surface area contributed by atoms with E-state index in [2.05, 4.69) is 36.2 Å². The first-order valence-corrected chi connectivity index (χ1v) is 6.77. The minimum absolute atomic E-state index is 0.397. The van der Waals surface area contributed by atoms with E-state index in [0.717, 1.165) is 17.8 Å². The summed E-state index contributed by atoms with van der Waals surface area (Å²) >= 11 is 1.71. The third-order valence-corrected chi connectivity index (χ3v) is 4.01. The molecule has 4 heteroatoms. The molecule has 94 valence electrons. The third-order valence-electron chi connectivity index (χ3n) is 3.11. The summed E-state index contributed by atoms with van der Waals surface area (Å²) in [5.74, 6) is 6.01. The molecule has 0 fully saturated rings. The Labute approximate surface area is 112 Å². The average molecular weight is 259 g/mol. The van der Waals surface area contributed by atoms with Crippen LogP contribution in [0.5, 0.6) is 0 Å². The van der Waals surface area contributed by atoms with Gasteiger partial charge >= 0.3 is 0 Å². The molecule has 0 radical (unpaired) electrons. The predicted molar refractivity (Wildman–Crippen MR) is 75.8 cm³/mol. The second-order valence-electron chi connectivity index (χ2n) is 4.22. The second-order valence-corrected chi connectivity index (χ2v) is 5.22. The smallest absolute Gasteiger partial charge is 0.0768 e. The Morgan fingerprint density at radius 3 is 2.78 bits per heavy atom. The molecule has 0 saturated heterocycles. The summed E-state index contributed by atoms with van der Waals surface area (Å²) in [4.78, 5) is 1.24. The molecule has 2 rings (SSSR count). The van der Waals surface area contributed by atoms with E-state index in [9.17, 15) is 0 Å². The van der Waals surface area contributed by atoms with Crippen LogP contribution in [0.1, 0.15) is 27.4 Å². The molecule has 2 N–H and O–H groups in total. The molecular weight excluding hydrogens is 242 g/mol. The number of rotatable bonds is 2. The first-order valence-electron chi connectivity index (χ1n) is 5.89. The topological polar surface area (TPSA) is 43.8 Å². The van der Waals surface area contributed by atoms with E-state index in [0.29, 0.717) is 6.54 Å². The lowest BCUT2D eigenvalue weighted by molar-refractivity contribution is 0.665. The number of aryl methyl sites for hydroxylation is 1. The number of hydrogen-bond donors (Lipinski definition) is 1. The molecule has 18 heavy (non-hydrogen) atoms. The zero-order valence-corrected chi connectivity index (χ0v) is 11.8. The van der Waals surface area contributed by atoms with Gasteiger partial charge in [-0.15, -0.1) is 11.3 Å². The largest absolute Gasteiger partial charge is 0.320 e. The minimum Gasteiger partial charge on any atom is -0.320 e. The molecule has 0 saturated carbocycles. The fourth-order valence-electron chi connectivity index (χ4n) is 1.80. The van der Waals surface area contributed by atoms with Crippen molar-refractivity contribution in [1.29, 1.82) is 0 Å². The van der Waals surface area contributed by atoms with Gasteiger partial charge in [0.2, 0.25) is 0 Å². The highest BCUT2D eigenvalue weighted by atomic mass is 32.1. The van der Waals surface area contributed by atoms with Crippen LogP contribution in [0.2, 0.25) is 0 Å². The Balaban J connectivity index is 2.29. The van der Waals surface area contributed by atoms with E-state index in [1.54, 1.807) is 11.3 Å². The van der Waals surface area contributed by atoms with Gasteiger partial charge in [0.15, 0.2) is 0 Å². The Morgan fingerprint density at radius 1 is 1.39 bits per heavy atom. The number of hydrogen-bond acceptors (Lipinski definition) is 3. The zero-order chi connectivity index (χ0) is 13.1. The Kier molecular flexibility index (Phi) is 3.85. The van der Waals surface area contributed by atoms with Gasteiger partial charge in [0.05, 0.1) is 18.8 Å². The molecule has 0 unspecified atom stereocenters. The zero-order valence-electron chi connectivity index (χ0n) is 10.9. The van der Waals surface area contributed by atoms with Crippen molar-refractivity contribution in [3.8, 4) is 11.8 Å². The van der Waals surface area contributed by atoms with Crippen LogP contribution in [-0.2, 0) is 6.54 Å². The van der Waals surface area contributed by atoms with Crippen molar-refractivity contribution in [2.75, 3.05) is 6.54 Å². The van der Waals surface area contributed by atoms with Gasteiger partial charge in [0.25, 0.3) is 0 Å². The molecule has 0 spiro atoms. The Bertz CT molecular complexity index is 611. The maximum atomic E-state index is 5.41. The summed E-state index contributed by atoms with van der Waals surface area (Å²) in [7, 11) is 0. The first kappa shape index (κ1) is 12.9. The lowest BCUT2D eigenvalue weighted by atomic mass is 10.2. The maximum absolute atomic E-state index is 5.41. The van der Waals surface area contributed by atoms with Crippen LogP contribution in [0.15, 0.2) is 11.4 Å². The van der Waals surface area contributed by atoms with E-state index in [1.165, 1.54) is 16.1 Å². The second kappa shape index (κ2) is 5.38. The molecule has 0 amide bonds. The SMILES string of the molecule is Cc1nn(Cc2sccc2C#CCN)c(C)c1C. The molecule has 0 aliphatic carbocycles. The van der Waals surface area contributed by atoms with Crippen molar-refractivity contribution >= 4 is 11.3 Å². The number of aromatic nitrogens is 2. The van der Waals surface area contributed by atoms with Gasteiger partial charge in [-0.1, -0.05) is 11.8 Å². The van der Waals surface area contributed by atoms with E-state index >= 15 is 0 Å². The number of nitrogens with zero attached hydrogens (tertiary/aromatic N) is 2. The summed E-state index contributed by atoms with van der Waals surface area (Å²) in [6.07, 6.45) is 0. The van der Waals surface area contributed by atoms with Gasteiger partial charge < -0.3 is 5.73 Å². The quantitative estimate of drug-likeness (QED) is 0.841. The van der Waals surface area contributed by atoms with E-state index in [4.69, 9.17) is 5.73 Å². The fourth-order valence-corrected chi connectivity index (χ4v) is 2.61. The monoisotopic (exact) mass is 259 g/mol. The lowest BCUT2D eigenvalue weighted by Gasteiger charge is -2.03. The summed E-state index contributed by atoms with van der Waals surface area (Å²) in [5.41, 5.74) is 10.1. The average Bonchev–Trinajstić information content (AvgIpc) is 2.89. The highest BCUT2D eigenvalue weighted by Crippen LogP contribution is 2.19. The van der Waals surface area contributed by atoms with E-state index in [1.807, 2.05) is 17.7 Å². The van der Waals surface area contributed by atoms with Crippen LogP contribution in [0.25, 0.3) is 0 Å². The normalized spacial score (nSPS) is 10.2. The highest BCUT2D eigenvalue weighted by Gasteiger charge is 2.09. The fraction of sp³-hybridized carbons (Fsp3) is 0.357. The van der Waals surface area contributed by atoms with Crippen molar-refractivity contribution in [1.82, 2.24) is 9.78 Å². The minimum atomic E-state index is 0.397. The molecule has 0 atom stereocenters. The molecule has 2 aromatic rings.